The van der Waals surface area contributed by atoms with Crippen molar-refractivity contribution in [2.45, 2.75) is 0 Å². The van der Waals surface area contributed by atoms with Crippen molar-refractivity contribution in [3.63, 3.8) is 0 Å². The highest BCUT2D eigenvalue weighted by molar-refractivity contribution is 6.32. The Kier molecular flexibility index (Phi) is 4.03. The number of amides is 1. The fraction of sp³-hybridized carbons (Fsp3) is 0.133. The lowest BCUT2D eigenvalue weighted by Crippen LogP contribution is -2.13. The molecule has 2 aromatic heterocycles. The molecule has 1 amide bonds. The van der Waals surface area contributed by atoms with Gasteiger partial charge in [0.1, 0.15) is 17.8 Å². The Labute approximate surface area is 136 Å². The van der Waals surface area contributed by atoms with E-state index in [1.807, 2.05) is 0 Å². The zero-order chi connectivity index (χ0) is 16.4. The average molecular weight is 333 g/mol. The van der Waals surface area contributed by atoms with Crippen molar-refractivity contribution < 1.29 is 14.3 Å². The van der Waals surface area contributed by atoms with Crippen molar-refractivity contribution in [1.29, 1.82) is 0 Å². The summed E-state index contributed by atoms with van der Waals surface area (Å²) >= 11 is 6.10. The number of carbonyl (C=O) groups excluding carboxylic acids is 1. The van der Waals surface area contributed by atoms with Gasteiger partial charge in [0.05, 0.1) is 30.5 Å². The average Bonchev–Trinajstić information content (AvgIpc) is 3.02. The predicted molar refractivity (Wildman–Crippen MR) is 85.5 cm³/mol. The molecule has 0 unspecified atom stereocenters. The summed E-state index contributed by atoms with van der Waals surface area (Å²) < 4.78 is 12.0. The van der Waals surface area contributed by atoms with Gasteiger partial charge in [-0.05, 0) is 18.2 Å². The van der Waals surface area contributed by atoms with E-state index in [0.717, 1.165) is 0 Å². The molecular weight excluding hydrogens is 320 g/mol. The van der Waals surface area contributed by atoms with Gasteiger partial charge >= 0.3 is 0 Å². The molecule has 3 rings (SSSR count). The first-order valence-electron chi connectivity index (χ1n) is 6.64. The lowest BCUT2D eigenvalue weighted by molar-refractivity contribution is 0.102. The number of nitrogens with zero attached hydrogens (tertiary/aromatic N) is 3. The molecule has 0 aliphatic heterocycles. The monoisotopic (exact) mass is 332 g/mol. The third-order valence-electron chi connectivity index (χ3n) is 3.28. The highest BCUT2D eigenvalue weighted by Gasteiger charge is 2.14. The van der Waals surface area contributed by atoms with Crippen molar-refractivity contribution in [2.24, 2.45) is 0 Å². The summed E-state index contributed by atoms with van der Waals surface area (Å²) in [7, 11) is 3.01. The summed E-state index contributed by atoms with van der Waals surface area (Å²) in [5, 5.41) is 10.8. The van der Waals surface area contributed by atoms with Crippen molar-refractivity contribution >= 4 is 28.8 Å². The van der Waals surface area contributed by atoms with Crippen molar-refractivity contribution in [3.05, 3.63) is 47.4 Å². The topological polar surface area (TPSA) is 77.8 Å². The Morgan fingerprint density at radius 2 is 2.00 bits per heavy atom. The number of hydrogen-bond donors (Lipinski definition) is 1. The molecule has 1 aromatic carbocycles. The highest BCUT2D eigenvalue weighted by Crippen LogP contribution is 2.36. The number of nitrogens with one attached hydrogen (secondary N) is 1. The second-order valence-electron chi connectivity index (χ2n) is 4.66. The zero-order valence-corrected chi connectivity index (χ0v) is 13.2. The summed E-state index contributed by atoms with van der Waals surface area (Å²) in [6.07, 6.45) is 3.17. The molecule has 2 heterocycles. The van der Waals surface area contributed by atoms with Gasteiger partial charge in [0.25, 0.3) is 5.91 Å². The lowest BCUT2D eigenvalue weighted by atomic mass is 10.2. The van der Waals surface area contributed by atoms with Gasteiger partial charge in [-0.2, -0.15) is 0 Å². The number of benzene rings is 1. The minimum absolute atomic E-state index is 0.305. The SMILES string of the molecule is COc1cc(OC)c(NC(=O)c2ccc3nncn3c2)cc1Cl. The number of anilines is 1. The molecule has 0 radical (unpaired) electrons. The number of methoxy groups -OCH3 is 2. The molecule has 3 aromatic rings. The molecule has 0 aliphatic rings. The largest absolute Gasteiger partial charge is 0.495 e. The van der Waals surface area contributed by atoms with E-state index in [4.69, 9.17) is 21.1 Å². The standard InChI is InChI=1S/C15H13ClN4O3/c1-22-12-6-13(23-2)11(5-10(12)16)18-15(21)9-3-4-14-19-17-8-20(14)7-9/h3-8H,1-2H3,(H,18,21). The van der Waals surface area contributed by atoms with Gasteiger partial charge in [-0.1, -0.05) is 11.6 Å². The number of ether oxygens (including phenoxy) is 2. The van der Waals surface area contributed by atoms with Crippen molar-refractivity contribution in [3.8, 4) is 11.5 Å². The number of carbonyl (C=O) groups is 1. The van der Waals surface area contributed by atoms with Crippen LogP contribution in [0, 0.1) is 0 Å². The molecule has 7 nitrogen and oxygen atoms in total. The molecule has 0 fully saturated rings. The predicted octanol–water partition coefficient (Wildman–Crippen LogP) is 2.65. The normalized spacial score (nSPS) is 10.6. The summed E-state index contributed by atoms with van der Waals surface area (Å²) in [5.74, 6) is 0.609. The Balaban J connectivity index is 1.91. The third-order valence-corrected chi connectivity index (χ3v) is 3.57. The van der Waals surface area contributed by atoms with Crippen molar-refractivity contribution in [1.82, 2.24) is 14.6 Å². The van der Waals surface area contributed by atoms with Gasteiger partial charge in [-0.3, -0.25) is 9.20 Å². The van der Waals surface area contributed by atoms with Crippen molar-refractivity contribution in [2.75, 3.05) is 19.5 Å². The quantitative estimate of drug-likeness (QED) is 0.794. The van der Waals surface area contributed by atoms with Crippen LogP contribution in [-0.2, 0) is 0 Å². The first kappa shape index (κ1) is 15.1. The maximum atomic E-state index is 12.4. The first-order chi connectivity index (χ1) is 11.1. The van der Waals surface area contributed by atoms with E-state index in [2.05, 4.69) is 15.5 Å². The van der Waals surface area contributed by atoms with Crippen LogP contribution in [0.2, 0.25) is 5.02 Å². The first-order valence-corrected chi connectivity index (χ1v) is 7.02. The molecule has 0 saturated heterocycles. The Morgan fingerprint density at radius 1 is 1.22 bits per heavy atom. The smallest absolute Gasteiger partial charge is 0.257 e. The van der Waals surface area contributed by atoms with E-state index in [9.17, 15) is 4.79 Å². The van der Waals surface area contributed by atoms with E-state index in [-0.39, 0.29) is 5.91 Å². The van der Waals surface area contributed by atoms with Crippen LogP contribution < -0.4 is 14.8 Å². The summed E-state index contributed by atoms with van der Waals surface area (Å²) in [4.78, 5) is 12.4. The van der Waals surface area contributed by atoms with Crippen LogP contribution >= 0.6 is 11.6 Å². The second-order valence-corrected chi connectivity index (χ2v) is 5.06. The van der Waals surface area contributed by atoms with Crippen LogP contribution in [0.25, 0.3) is 5.65 Å². The maximum absolute atomic E-state index is 12.4. The number of halogens is 1. The molecule has 118 valence electrons. The van der Waals surface area contributed by atoms with Crippen LogP contribution in [0.4, 0.5) is 5.69 Å². The number of rotatable bonds is 4. The van der Waals surface area contributed by atoms with Gasteiger partial charge in [-0.15, -0.1) is 10.2 Å². The summed E-state index contributed by atoms with van der Waals surface area (Å²) in [5.41, 5.74) is 1.56. The van der Waals surface area contributed by atoms with Gasteiger partial charge in [0.2, 0.25) is 0 Å². The van der Waals surface area contributed by atoms with Gasteiger partial charge in [0.15, 0.2) is 5.65 Å². The summed E-state index contributed by atoms with van der Waals surface area (Å²) in [6.45, 7) is 0. The van der Waals surface area contributed by atoms with E-state index < -0.39 is 0 Å². The molecule has 0 bridgehead atoms. The molecule has 8 heteroatoms. The molecule has 0 atom stereocenters. The Bertz CT molecular complexity index is 878. The minimum atomic E-state index is -0.305. The van der Waals surface area contributed by atoms with Gasteiger partial charge in [0, 0.05) is 12.3 Å². The highest BCUT2D eigenvalue weighted by atomic mass is 35.5. The summed E-state index contributed by atoms with van der Waals surface area (Å²) in [6, 6.07) is 6.56. The Morgan fingerprint density at radius 3 is 2.74 bits per heavy atom. The van der Waals surface area contributed by atoms with Gasteiger partial charge in [-0.25, -0.2) is 0 Å². The fourth-order valence-corrected chi connectivity index (χ4v) is 2.35. The van der Waals surface area contributed by atoms with E-state index in [0.29, 0.717) is 33.4 Å². The molecule has 0 saturated carbocycles. The zero-order valence-electron chi connectivity index (χ0n) is 12.4. The van der Waals surface area contributed by atoms with E-state index in [1.165, 1.54) is 20.5 Å². The maximum Gasteiger partial charge on any atom is 0.257 e. The lowest BCUT2D eigenvalue weighted by Gasteiger charge is -2.13. The van der Waals surface area contributed by atoms with Crippen LogP contribution in [0.1, 0.15) is 10.4 Å². The van der Waals surface area contributed by atoms with Gasteiger partial charge < -0.3 is 14.8 Å². The molecule has 0 spiro atoms. The number of aromatic nitrogens is 3. The number of pyridine rings is 1. The van der Waals surface area contributed by atoms with Crippen LogP contribution in [0.15, 0.2) is 36.8 Å². The molecule has 0 aliphatic carbocycles. The van der Waals surface area contributed by atoms with Crippen LogP contribution in [-0.4, -0.2) is 34.7 Å². The molecule has 1 N–H and O–H groups in total. The van der Waals surface area contributed by atoms with Crippen LogP contribution in [0.5, 0.6) is 11.5 Å². The number of hydrogen-bond acceptors (Lipinski definition) is 5. The fourth-order valence-electron chi connectivity index (χ4n) is 2.11. The van der Waals surface area contributed by atoms with E-state index >= 15 is 0 Å². The Hall–Kier alpha value is -2.80. The van der Waals surface area contributed by atoms with E-state index in [1.54, 1.807) is 34.9 Å². The molecular formula is C15H13ClN4O3. The third kappa shape index (κ3) is 2.91. The minimum Gasteiger partial charge on any atom is -0.495 e. The molecule has 23 heavy (non-hydrogen) atoms. The second kappa shape index (κ2) is 6.13. The number of fused-ring (bicyclic) bond motifs is 1. The van der Waals surface area contributed by atoms with Crippen LogP contribution in [0.3, 0.4) is 0 Å².